The lowest BCUT2D eigenvalue weighted by Crippen LogP contribution is -2.30. The van der Waals surface area contributed by atoms with Crippen LogP contribution in [-0.4, -0.2) is 40.9 Å². The number of benzene rings is 1. The molecule has 5 rings (SSSR count). The normalized spacial score (nSPS) is 27.6. The molecule has 1 aromatic heterocycles. The second-order valence-corrected chi connectivity index (χ2v) is 8.55. The zero-order valence-electron chi connectivity index (χ0n) is 14.8. The molecule has 0 radical (unpaired) electrons. The van der Waals surface area contributed by atoms with Crippen molar-refractivity contribution in [1.82, 2.24) is 4.57 Å². The minimum Gasteiger partial charge on any atom is -0.477 e. The number of carboxylic acids is 1. The molecule has 1 saturated heterocycles. The smallest absolute Gasteiger partial charge is 0.341 e. The van der Waals surface area contributed by atoms with Crippen molar-refractivity contribution in [3.63, 3.8) is 0 Å². The van der Waals surface area contributed by atoms with Gasteiger partial charge >= 0.3 is 5.97 Å². The van der Waals surface area contributed by atoms with E-state index < -0.39 is 35.0 Å². The van der Waals surface area contributed by atoms with Crippen molar-refractivity contribution in [2.75, 3.05) is 18.0 Å². The van der Waals surface area contributed by atoms with Crippen LogP contribution in [-0.2, 0) is 0 Å². The summed E-state index contributed by atoms with van der Waals surface area (Å²) in [6.07, 6.45) is 2.11. The molecule has 3 aliphatic rings. The van der Waals surface area contributed by atoms with Gasteiger partial charge in [0.05, 0.1) is 27.7 Å². The van der Waals surface area contributed by atoms with Crippen molar-refractivity contribution < 1.29 is 18.7 Å². The summed E-state index contributed by atoms with van der Waals surface area (Å²) >= 11 is 6.56. The monoisotopic (exact) mass is 409 g/mol. The van der Waals surface area contributed by atoms with Crippen molar-refractivity contribution in [2.45, 2.75) is 37.5 Å². The fourth-order valence-corrected chi connectivity index (χ4v) is 4.84. The van der Waals surface area contributed by atoms with Crippen LogP contribution in [0.15, 0.2) is 17.1 Å². The first kappa shape index (κ1) is 17.9. The number of carboxylic acid groups (broad SMARTS) is 1. The molecule has 28 heavy (non-hydrogen) atoms. The number of nitrogens with two attached hydrogens (primary N) is 1. The zero-order valence-corrected chi connectivity index (χ0v) is 15.5. The molecule has 1 aromatic carbocycles. The van der Waals surface area contributed by atoms with E-state index in [9.17, 15) is 19.1 Å². The maximum absolute atomic E-state index is 15.0. The number of hydrogen-bond acceptors (Lipinski definition) is 4. The van der Waals surface area contributed by atoms with Crippen LogP contribution in [0, 0.1) is 11.2 Å². The highest BCUT2D eigenvalue weighted by molar-refractivity contribution is 6.38. The molecular weight excluding hydrogens is 392 g/mol. The van der Waals surface area contributed by atoms with Crippen LogP contribution in [0.2, 0.25) is 5.02 Å². The van der Waals surface area contributed by atoms with Crippen molar-refractivity contribution in [2.24, 2.45) is 11.1 Å². The number of anilines is 1. The Balaban J connectivity index is 1.75. The molecule has 148 valence electrons. The van der Waals surface area contributed by atoms with Gasteiger partial charge in [-0.3, -0.25) is 4.79 Å². The van der Waals surface area contributed by atoms with Gasteiger partial charge in [-0.15, -0.1) is 0 Å². The molecule has 9 heteroatoms. The second-order valence-electron chi connectivity index (χ2n) is 8.17. The highest BCUT2D eigenvalue weighted by Gasteiger charge is 2.54. The Labute approximate surface area is 163 Å². The minimum absolute atomic E-state index is 0.00645. The largest absolute Gasteiger partial charge is 0.477 e. The summed E-state index contributed by atoms with van der Waals surface area (Å²) in [6.45, 7) is 1.01. The number of halogens is 3. The van der Waals surface area contributed by atoms with Gasteiger partial charge in [0.15, 0.2) is 0 Å². The summed E-state index contributed by atoms with van der Waals surface area (Å²) in [5.74, 6) is -2.15. The van der Waals surface area contributed by atoms with Crippen molar-refractivity contribution in [3.8, 4) is 0 Å². The summed E-state index contributed by atoms with van der Waals surface area (Å²) in [7, 11) is 0. The van der Waals surface area contributed by atoms with Gasteiger partial charge in [0.2, 0.25) is 5.43 Å². The van der Waals surface area contributed by atoms with E-state index in [4.69, 9.17) is 17.3 Å². The van der Waals surface area contributed by atoms with Crippen molar-refractivity contribution in [3.05, 3.63) is 38.9 Å². The van der Waals surface area contributed by atoms with Crippen LogP contribution >= 0.6 is 11.6 Å². The topological polar surface area (TPSA) is 88.6 Å². The maximum atomic E-state index is 15.0. The molecule has 6 nitrogen and oxygen atoms in total. The van der Waals surface area contributed by atoms with Crippen LogP contribution < -0.4 is 16.1 Å². The van der Waals surface area contributed by atoms with Crippen LogP contribution in [0.1, 0.15) is 35.7 Å². The first-order chi connectivity index (χ1) is 13.2. The molecule has 3 fully saturated rings. The van der Waals surface area contributed by atoms with Gasteiger partial charge in [-0.2, -0.15) is 0 Å². The van der Waals surface area contributed by atoms with Gasteiger partial charge in [-0.05, 0) is 18.9 Å². The number of fused-ring (bicyclic) bond motifs is 1. The average Bonchev–Trinajstić information content (AvgIpc) is 3.51. The zero-order chi connectivity index (χ0) is 20.0. The third-order valence-corrected chi connectivity index (χ3v) is 6.73. The third-order valence-electron chi connectivity index (χ3n) is 6.37. The van der Waals surface area contributed by atoms with E-state index in [1.54, 1.807) is 4.90 Å². The number of pyridine rings is 1. The lowest BCUT2D eigenvalue weighted by Gasteiger charge is -2.23. The molecule has 0 bridgehead atoms. The van der Waals surface area contributed by atoms with E-state index in [2.05, 4.69) is 0 Å². The van der Waals surface area contributed by atoms with Gasteiger partial charge < -0.3 is 20.3 Å². The van der Waals surface area contributed by atoms with E-state index in [-0.39, 0.29) is 39.5 Å². The first-order valence-corrected chi connectivity index (χ1v) is 9.56. The lowest BCUT2D eigenvalue weighted by atomic mass is 10.0. The molecule has 3 N–H and O–H groups in total. The fraction of sp³-hybridized carbons (Fsp3) is 0.474. The van der Waals surface area contributed by atoms with Gasteiger partial charge in [-0.1, -0.05) is 11.6 Å². The number of aromatic carboxylic acids is 1. The predicted octanol–water partition coefficient (Wildman–Crippen LogP) is 2.70. The van der Waals surface area contributed by atoms with Crippen molar-refractivity contribution in [1.29, 1.82) is 0 Å². The number of alkyl halides is 1. The van der Waals surface area contributed by atoms with E-state index >= 15 is 4.39 Å². The number of rotatable bonds is 3. The summed E-state index contributed by atoms with van der Waals surface area (Å²) in [6, 6.07) is 0.308. The Hall–Kier alpha value is -2.19. The SMILES string of the molecule is N[C@@H]1CN(c2c(F)cc3c(=O)c(C(=O)O)cn(C4C[C@H]4F)c3c2Cl)CC12CC2. The molecule has 2 heterocycles. The van der Waals surface area contributed by atoms with Gasteiger partial charge in [0.25, 0.3) is 0 Å². The first-order valence-electron chi connectivity index (χ1n) is 9.18. The number of carbonyl (C=O) groups is 1. The van der Waals surface area contributed by atoms with Crippen LogP contribution in [0.25, 0.3) is 10.9 Å². The third kappa shape index (κ3) is 2.40. The van der Waals surface area contributed by atoms with Gasteiger partial charge in [-0.25, -0.2) is 13.6 Å². The van der Waals surface area contributed by atoms with Gasteiger partial charge in [0.1, 0.15) is 17.6 Å². The number of aromatic nitrogens is 1. The summed E-state index contributed by atoms with van der Waals surface area (Å²) in [5.41, 5.74) is 5.15. The highest BCUT2D eigenvalue weighted by atomic mass is 35.5. The van der Waals surface area contributed by atoms with E-state index in [1.807, 2.05) is 0 Å². The van der Waals surface area contributed by atoms with Crippen molar-refractivity contribution >= 4 is 34.2 Å². The summed E-state index contributed by atoms with van der Waals surface area (Å²) in [5, 5.41) is 9.16. The second kappa shape index (κ2) is 5.67. The molecule has 0 amide bonds. The molecule has 3 atom stereocenters. The number of nitrogens with zero attached hydrogens (tertiary/aromatic N) is 2. The Kier molecular flexibility index (Phi) is 3.62. The Bertz CT molecular complexity index is 1100. The van der Waals surface area contributed by atoms with E-state index in [1.165, 1.54) is 4.57 Å². The highest BCUT2D eigenvalue weighted by Crippen LogP contribution is 2.54. The minimum atomic E-state index is -1.45. The van der Waals surface area contributed by atoms with Crippen LogP contribution in [0.5, 0.6) is 0 Å². The van der Waals surface area contributed by atoms with Crippen LogP contribution in [0.4, 0.5) is 14.5 Å². The molecule has 2 aromatic rings. The van der Waals surface area contributed by atoms with E-state index in [0.29, 0.717) is 13.1 Å². The predicted molar refractivity (Wildman–Crippen MR) is 101 cm³/mol. The number of hydrogen-bond donors (Lipinski definition) is 2. The maximum Gasteiger partial charge on any atom is 0.341 e. The Morgan fingerprint density at radius 1 is 1.39 bits per heavy atom. The standard InChI is InChI=1S/C19H18ClF2N3O3/c20-14-15-8(17(26)9(18(27)28)5-25(15)12-4-10(12)21)3-11(22)16(14)24-6-13(23)19(7-24)1-2-19/h3,5,10,12-13H,1-2,4,6-7,23H2,(H,27,28)/t10-,12?,13-/m1/s1. The van der Waals surface area contributed by atoms with Gasteiger partial charge in [0, 0.05) is 37.2 Å². The molecule has 2 saturated carbocycles. The molecule has 1 aliphatic heterocycles. The lowest BCUT2D eigenvalue weighted by molar-refractivity contribution is 0.0694. The summed E-state index contributed by atoms with van der Waals surface area (Å²) in [4.78, 5) is 25.8. The summed E-state index contributed by atoms with van der Waals surface area (Å²) < 4.78 is 30.2. The Morgan fingerprint density at radius 2 is 2.07 bits per heavy atom. The molecular formula is C19H18ClF2N3O3. The quantitative estimate of drug-likeness (QED) is 0.813. The van der Waals surface area contributed by atoms with E-state index in [0.717, 1.165) is 25.1 Å². The van der Waals surface area contributed by atoms with Crippen LogP contribution in [0.3, 0.4) is 0 Å². The molecule has 2 aliphatic carbocycles. The fourth-order valence-electron chi connectivity index (χ4n) is 4.43. The molecule has 1 spiro atoms. The average molecular weight is 410 g/mol. The Morgan fingerprint density at radius 3 is 2.61 bits per heavy atom. The molecule has 1 unspecified atom stereocenters.